The Hall–Kier alpha value is -2.29. The third kappa shape index (κ3) is 12.5. The number of rotatable bonds is 11. The number of allylic oxidation sites excluding steroid dienone is 8. The van der Waals surface area contributed by atoms with Gasteiger partial charge < -0.3 is 10.1 Å². The summed E-state index contributed by atoms with van der Waals surface area (Å²) in [6.45, 7) is 23.2. The first-order chi connectivity index (χ1) is 18.5. The molecule has 0 radical (unpaired) electrons. The predicted octanol–water partition coefficient (Wildman–Crippen LogP) is 11.0. The lowest BCUT2D eigenvalue weighted by Crippen LogP contribution is -2.31. The van der Waals surface area contributed by atoms with Crippen molar-refractivity contribution in [3.8, 4) is 0 Å². The molecule has 1 atom stereocenters. The van der Waals surface area contributed by atoms with Gasteiger partial charge >= 0.3 is 0 Å². The Morgan fingerprint density at radius 1 is 1.13 bits per heavy atom. The molecule has 0 aliphatic heterocycles. The summed E-state index contributed by atoms with van der Waals surface area (Å²) in [4.78, 5) is 0. The van der Waals surface area contributed by atoms with Crippen LogP contribution in [0.2, 0.25) is 5.02 Å². The molecule has 1 N–H and O–H groups in total. The summed E-state index contributed by atoms with van der Waals surface area (Å²) in [5.41, 5.74) is 5.98. The molecule has 0 heterocycles. The third-order valence-electron chi connectivity index (χ3n) is 5.73. The van der Waals surface area contributed by atoms with Crippen LogP contribution in [-0.2, 0) is 11.3 Å². The highest BCUT2D eigenvalue weighted by molar-refractivity contribution is 6.30. The van der Waals surface area contributed by atoms with Gasteiger partial charge in [-0.15, -0.1) is 0 Å². The van der Waals surface area contributed by atoms with Crippen LogP contribution >= 0.6 is 11.6 Å². The second-order valence-electron chi connectivity index (χ2n) is 8.55. The van der Waals surface area contributed by atoms with Crippen molar-refractivity contribution < 1.29 is 4.74 Å². The van der Waals surface area contributed by atoms with Crippen LogP contribution in [0.5, 0.6) is 0 Å². The van der Waals surface area contributed by atoms with Crippen molar-refractivity contribution >= 4 is 11.6 Å². The summed E-state index contributed by atoms with van der Waals surface area (Å²) < 4.78 is 6.33. The first-order valence-corrected chi connectivity index (χ1v) is 15.2. The maximum Gasteiger partial charge on any atom is 0.123 e. The Morgan fingerprint density at radius 2 is 1.82 bits per heavy atom. The van der Waals surface area contributed by atoms with Crippen molar-refractivity contribution in [2.45, 2.75) is 113 Å². The number of nitrogens with one attached hydrogen (secondary N) is 1. The van der Waals surface area contributed by atoms with Gasteiger partial charge in [0, 0.05) is 23.2 Å². The van der Waals surface area contributed by atoms with E-state index in [1.165, 1.54) is 22.3 Å². The summed E-state index contributed by atoms with van der Waals surface area (Å²) in [7, 11) is 0. The van der Waals surface area contributed by atoms with Gasteiger partial charge in [0.25, 0.3) is 0 Å². The lowest BCUT2D eigenvalue weighted by Gasteiger charge is -2.26. The van der Waals surface area contributed by atoms with E-state index in [4.69, 9.17) is 16.3 Å². The van der Waals surface area contributed by atoms with Gasteiger partial charge in [-0.05, 0) is 80.0 Å². The number of halogens is 1. The molecule has 2 nitrogen and oxygen atoms in total. The van der Waals surface area contributed by atoms with Crippen LogP contribution < -0.4 is 5.32 Å². The lowest BCUT2D eigenvalue weighted by molar-refractivity contribution is 0.204. The van der Waals surface area contributed by atoms with E-state index in [1.807, 2.05) is 59.8 Å². The van der Waals surface area contributed by atoms with Crippen molar-refractivity contribution in [2.24, 2.45) is 0 Å². The topological polar surface area (TPSA) is 21.3 Å². The van der Waals surface area contributed by atoms with E-state index in [2.05, 4.69) is 75.2 Å². The molecule has 2 aliphatic rings. The Labute approximate surface area is 240 Å². The number of ether oxygens (including phenoxy) is 1. The van der Waals surface area contributed by atoms with Gasteiger partial charge in [-0.1, -0.05) is 116 Å². The van der Waals surface area contributed by atoms with Gasteiger partial charge in [0.15, 0.2) is 0 Å². The highest BCUT2D eigenvalue weighted by Gasteiger charge is 2.28. The van der Waals surface area contributed by atoms with Crippen LogP contribution in [0, 0.1) is 6.92 Å². The van der Waals surface area contributed by atoms with E-state index in [9.17, 15) is 0 Å². The van der Waals surface area contributed by atoms with E-state index in [-0.39, 0.29) is 6.04 Å². The Morgan fingerprint density at radius 3 is 2.37 bits per heavy atom. The number of hydrogen-bond donors (Lipinski definition) is 1. The SMILES string of the molecule is C=C/C=C(C1=CC=CCC=C1OC1CC1)\C(=C/C)C(CCC)NCc1cc(C)cc(Cl)c1.CC.CC.CC. The average molecular weight is 540 g/mol. The van der Waals surface area contributed by atoms with Crippen molar-refractivity contribution in [2.75, 3.05) is 0 Å². The maximum absolute atomic E-state index is 6.33. The number of hydrogen-bond acceptors (Lipinski definition) is 2. The predicted molar refractivity (Wildman–Crippen MR) is 172 cm³/mol. The van der Waals surface area contributed by atoms with E-state index in [0.29, 0.717) is 6.10 Å². The molecule has 2 aliphatic carbocycles. The zero-order valence-electron chi connectivity index (χ0n) is 25.7. The lowest BCUT2D eigenvalue weighted by atomic mass is 9.88. The van der Waals surface area contributed by atoms with Crippen LogP contribution in [0.3, 0.4) is 0 Å². The van der Waals surface area contributed by atoms with Crippen LogP contribution in [0.25, 0.3) is 0 Å². The van der Waals surface area contributed by atoms with Crippen molar-refractivity contribution in [3.63, 3.8) is 0 Å². The zero-order valence-corrected chi connectivity index (χ0v) is 26.4. The number of benzene rings is 1. The Balaban J connectivity index is 0.00000213. The molecule has 38 heavy (non-hydrogen) atoms. The van der Waals surface area contributed by atoms with Crippen LogP contribution in [-0.4, -0.2) is 12.1 Å². The minimum absolute atomic E-state index is 0.214. The van der Waals surface area contributed by atoms with Gasteiger partial charge in [0.1, 0.15) is 5.76 Å². The Bertz CT molecular complexity index is 940. The van der Waals surface area contributed by atoms with Gasteiger partial charge in [0.2, 0.25) is 0 Å². The highest BCUT2D eigenvalue weighted by atomic mass is 35.5. The first kappa shape index (κ1) is 35.7. The van der Waals surface area contributed by atoms with E-state index >= 15 is 0 Å². The van der Waals surface area contributed by atoms with Crippen molar-refractivity contribution in [1.82, 2.24) is 5.32 Å². The van der Waals surface area contributed by atoms with E-state index in [1.54, 1.807) is 0 Å². The fourth-order valence-electron chi connectivity index (χ4n) is 4.12. The molecular weight excluding hydrogens is 486 g/mol. The molecule has 1 unspecified atom stereocenters. The quantitative estimate of drug-likeness (QED) is 0.282. The zero-order chi connectivity index (χ0) is 28.9. The van der Waals surface area contributed by atoms with Crippen LogP contribution in [0.15, 0.2) is 89.8 Å². The van der Waals surface area contributed by atoms with Crippen LogP contribution in [0.1, 0.15) is 98.6 Å². The Kier molecular flexibility index (Phi) is 20.3. The second-order valence-corrected chi connectivity index (χ2v) is 8.99. The molecule has 0 amide bonds. The van der Waals surface area contributed by atoms with Gasteiger partial charge in [-0.25, -0.2) is 0 Å². The van der Waals surface area contributed by atoms with Gasteiger partial charge in [-0.3, -0.25) is 0 Å². The summed E-state index contributed by atoms with van der Waals surface area (Å²) in [6, 6.07) is 6.45. The molecule has 1 aromatic rings. The molecule has 1 fully saturated rings. The van der Waals surface area contributed by atoms with Gasteiger partial charge in [0.05, 0.1) is 6.10 Å². The summed E-state index contributed by atoms with van der Waals surface area (Å²) in [6.07, 6.45) is 20.6. The number of aryl methyl sites for hydroxylation is 1. The monoisotopic (exact) mass is 539 g/mol. The fourth-order valence-corrected chi connectivity index (χ4v) is 4.44. The third-order valence-corrected chi connectivity index (χ3v) is 5.94. The standard InChI is InChI=1S/C29H36ClNO.3C2H6/c1-5-11-26(27-13-9-8-10-14-29(27)32-24-15-16-24)25(7-3)28(12-6-2)31-20-22-17-21(4)18-23(30)19-22;3*1-2/h5,7-9,11,13-14,17-19,24,28,31H,1,6,10,12,15-16,20H2,2-4H3;3*1-2H3/b25-7+,26-11+;;;. The molecule has 0 aromatic heterocycles. The minimum atomic E-state index is 0.214. The van der Waals surface area contributed by atoms with E-state index < -0.39 is 0 Å². The summed E-state index contributed by atoms with van der Waals surface area (Å²) in [5, 5.41) is 4.58. The molecular formula is C35H54ClNO. The highest BCUT2D eigenvalue weighted by Crippen LogP contribution is 2.36. The molecule has 212 valence electrons. The molecule has 3 rings (SSSR count). The van der Waals surface area contributed by atoms with Crippen molar-refractivity contribution in [1.29, 1.82) is 0 Å². The largest absolute Gasteiger partial charge is 0.490 e. The molecule has 1 aromatic carbocycles. The van der Waals surface area contributed by atoms with Crippen molar-refractivity contribution in [3.05, 3.63) is 106 Å². The summed E-state index contributed by atoms with van der Waals surface area (Å²) >= 11 is 6.29. The summed E-state index contributed by atoms with van der Waals surface area (Å²) in [5.74, 6) is 0.991. The maximum atomic E-state index is 6.33. The molecule has 0 bridgehead atoms. The first-order valence-electron chi connectivity index (χ1n) is 14.8. The van der Waals surface area contributed by atoms with E-state index in [0.717, 1.165) is 55.0 Å². The molecule has 3 heteroatoms. The minimum Gasteiger partial charge on any atom is -0.490 e. The fraction of sp³-hybridized carbons (Fsp3) is 0.486. The second kappa shape index (κ2) is 21.6. The smallest absolute Gasteiger partial charge is 0.123 e. The molecule has 0 saturated heterocycles. The average Bonchev–Trinajstić information content (AvgIpc) is 3.78. The van der Waals surface area contributed by atoms with Crippen LogP contribution in [0.4, 0.5) is 0 Å². The molecule has 1 saturated carbocycles. The normalized spacial score (nSPS) is 15.6. The molecule has 0 spiro atoms. The van der Waals surface area contributed by atoms with Gasteiger partial charge in [-0.2, -0.15) is 0 Å².